The minimum Gasteiger partial charge on any atom is -0.376 e. The van der Waals surface area contributed by atoms with Crippen molar-refractivity contribution < 1.29 is 9.13 Å². The molecule has 0 unspecified atom stereocenters. The Bertz CT molecular complexity index is 1160. The second kappa shape index (κ2) is 8.20. The first-order valence-corrected chi connectivity index (χ1v) is 11.0. The molecule has 6 nitrogen and oxygen atoms in total. The van der Waals surface area contributed by atoms with Gasteiger partial charge in [0, 0.05) is 30.3 Å². The normalized spacial score (nSPS) is 16.5. The minimum absolute atomic E-state index is 0.151. The van der Waals surface area contributed by atoms with Gasteiger partial charge in [0.05, 0.1) is 18.3 Å². The number of hydrogen-bond donors (Lipinski definition) is 0. The molecule has 4 aromatic rings. The van der Waals surface area contributed by atoms with Gasteiger partial charge >= 0.3 is 0 Å². The minimum atomic E-state index is -0.263. The van der Waals surface area contributed by atoms with E-state index in [2.05, 4.69) is 40.1 Å². The number of aryl methyl sites for hydroxylation is 1. The third-order valence-electron chi connectivity index (χ3n) is 5.23. The molecule has 0 aliphatic carbocycles. The van der Waals surface area contributed by atoms with E-state index in [-0.39, 0.29) is 11.9 Å². The maximum absolute atomic E-state index is 13.4. The van der Waals surface area contributed by atoms with Crippen LogP contribution in [0.3, 0.4) is 0 Å². The summed E-state index contributed by atoms with van der Waals surface area (Å²) in [6.45, 7) is 3.55. The lowest BCUT2D eigenvalue weighted by Gasteiger charge is -2.14. The van der Waals surface area contributed by atoms with Crippen molar-refractivity contribution in [1.82, 2.24) is 24.1 Å². The number of hydrogen-bond acceptors (Lipinski definition) is 5. The Morgan fingerprint density at radius 1 is 1.13 bits per heavy atom. The number of pyridine rings is 1. The summed E-state index contributed by atoms with van der Waals surface area (Å²) in [6.07, 6.45) is 6.37. The number of thioether (sulfide) groups is 1. The Labute approximate surface area is 178 Å². The zero-order valence-electron chi connectivity index (χ0n) is 16.7. The Morgan fingerprint density at radius 2 is 2.00 bits per heavy atom. The third-order valence-corrected chi connectivity index (χ3v) is 6.23. The van der Waals surface area contributed by atoms with Crippen molar-refractivity contribution in [3.63, 3.8) is 0 Å². The Hall–Kier alpha value is -2.71. The van der Waals surface area contributed by atoms with Gasteiger partial charge in [-0.1, -0.05) is 17.8 Å². The van der Waals surface area contributed by atoms with E-state index >= 15 is 0 Å². The smallest absolute Gasteiger partial charge is 0.191 e. The van der Waals surface area contributed by atoms with E-state index in [4.69, 9.17) is 9.72 Å². The molecule has 0 N–H and O–H groups in total. The highest BCUT2D eigenvalue weighted by molar-refractivity contribution is 7.98. The van der Waals surface area contributed by atoms with Gasteiger partial charge in [0.25, 0.3) is 0 Å². The number of benzene rings is 1. The largest absolute Gasteiger partial charge is 0.376 e. The van der Waals surface area contributed by atoms with Crippen LogP contribution in [0.5, 0.6) is 0 Å². The number of ether oxygens (including phenoxy) is 1. The molecule has 1 aliphatic heterocycles. The molecule has 0 saturated carbocycles. The van der Waals surface area contributed by atoms with E-state index in [1.807, 2.05) is 10.5 Å². The average molecular weight is 424 g/mol. The molecule has 1 aromatic carbocycles. The Kier molecular flexibility index (Phi) is 5.26. The second-order valence-corrected chi connectivity index (χ2v) is 8.49. The highest BCUT2D eigenvalue weighted by atomic mass is 32.2. The molecule has 1 aliphatic rings. The Balaban J connectivity index is 1.41. The predicted octanol–water partition coefficient (Wildman–Crippen LogP) is 4.51. The van der Waals surface area contributed by atoms with E-state index in [1.54, 1.807) is 23.9 Å². The van der Waals surface area contributed by atoms with E-state index in [0.29, 0.717) is 12.3 Å². The summed E-state index contributed by atoms with van der Waals surface area (Å²) < 4.78 is 23.4. The van der Waals surface area contributed by atoms with Gasteiger partial charge in [0.2, 0.25) is 0 Å². The van der Waals surface area contributed by atoms with Gasteiger partial charge in [0.1, 0.15) is 11.5 Å². The number of imidazole rings is 1. The zero-order chi connectivity index (χ0) is 20.5. The van der Waals surface area contributed by atoms with Crippen LogP contribution in [0, 0.1) is 12.7 Å². The molecule has 30 heavy (non-hydrogen) atoms. The van der Waals surface area contributed by atoms with Crippen molar-refractivity contribution in [3.8, 4) is 11.4 Å². The van der Waals surface area contributed by atoms with Gasteiger partial charge in [-0.3, -0.25) is 4.57 Å². The average Bonchev–Trinajstić information content (AvgIpc) is 3.47. The number of halogens is 1. The number of fused-ring (bicyclic) bond motifs is 1. The lowest BCUT2D eigenvalue weighted by molar-refractivity contribution is 0.0953. The summed E-state index contributed by atoms with van der Waals surface area (Å²) in [5.74, 6) is 1.16. The zero-order valence-corrected chi connectivity index (χ0v) is 17.5. The van der Waals surface area contributed by atoms with Crippen LogP contribution < -0.4 is 0 Å². The standard InChI is InChI=1S/C22H22FN5OS/c1-15-4-9-20-24-18(12-27(20)11-15)14-30-22-26-25-21(16-5-7-17(23)8-6-16)28(22)13-19-3-2-10-29-19/h4-9,11-12,19H,2-3,10,13-14H2,1H3/t19-/m0/s1. The Morgan fingerprint density at radius 3 is 2.80 bits per heavy atom. The summed E-state index contributed by atoms with van der Waals surface area (Å²) in [5, 5.41) is 9.66. The summed E-state index contributed by atoms with van der Waals surface area (Å²) in [7, 11) is 0. The maximum atomic E-state index is 13.4. The first kappa shape index (κ1) is 19.3. The van der Waals surface area contributed by atoms with Crippen molar-refractivity contribution in [3.05, 3.63) is 65.9 Å². The quantitative estimate of drug-likeness (QED) is 0.427. The maximum Gasteiger partial charge on any atom is 0.191 e. The van der Waals surface area contributed by atoms with Crippen LogP contribution >= 0.6 is 11.8 Å². The summed E-state index contributed by atoms with van der Waals surface area (Å²) in [6, 6.07) is 10.5. The number of nitrogens with zero attached hydrogens (tertiary/aromatic N) is 5. The van der Waals surface area contributed by atoms with E-state index < -0.39 is 0 Å². The van der Waals surface area contributed by atoms with Crippen molar-refractivity contribution in [2.75, 3.05) is 6.61 Å². The molecule has 0 bridgehead atoms. The predicted molar refractivity (Wildman–Crippen MR) is 114 cm³/mol. The fraction of sp³-hybridized carbons (Fsp3) is 0.318. The molecule has 0 amide bonds. The van der Waals surface area contributed by atoms with E-state index in [1.165, 1.54) is 17.7 Å². The van der Waals surface area contributed by atoms with Gasteiger partial charge in [-0.2, -0.15) is 0 Å². The molecule has 3 aromatic heterocycles. The first-order chi connectivity index (χ1) is 14.7. The molecule has 154 valence electrons. The first-order valence-electron chi connectivity index (χ1n) is 10.0. The van der Waals surface area contributed by atoms with Crippen molar-refractivity contribution in [2.24, 2.45) is 0 Å². The molecule has 1 atom stereocenters. The molecule has 8 heteroatoms. The molecule has 0 spiro atoms. The topological polar surface area (TPSA) is 57.2 Å². The van der Waals surface area contributed by atoms with Crippen molar-refractivity contribution in [2.45, 2.75) is 43.3 Å². The van der Waals surface area contributed by atoms with Crippen LogP contribution in [0.1, 0.15) is 24.1 Å². The van der Waals surface area contributed by atoms with Crippen molar-refractivity contribution in [1.29, 1.82) is 0 Å². The van der Waals surface area contributed by atoms with Gasteiger partial charge in [-0.25, -0.2) is 9.37 Å². The molecule has 1 saturated heterocycles. The van der Waals surface area contributed by atoms with Crippen LogP contribution in [0.4, 0.5) is 4.39 Å². The second-order valence-electron chi connectivity index (χ2n) is 7.55. The van der Waals surface area contributed by atoms with E-state index in [9.17, 15) is 4.39 Å². The van der Waals surface area contributed by atoms with Crippen LogP contribution in [0.25, 0.3) is 17.0 Å². The lowest BCUT2D eigenvalue weighted by Crippen LogP contribution is -2.16. The van der Waals surface area contributed by atoms with Crippen LogP contribution in [-0.4, -0.2) is 36.9 Å². The monoisotopic (exact) mass is 423 g/mol. The number of aromatic nitrogens is 5. The highest BCUT2D eigenvalue weighted by Crippen LogP contribution is 2.28. The summed E-state index contributed by atoms with van der Waals surface area (Å²) >= 11 is 1.61. The molecule has 0 radical (unpaired) electrons. The number of rotatable bonds is 6. The van der Waals surface area contributed by atoms with Crippen LogP contribution in [-0.2, 0) is 17.0 Å². The van der Waals surface area contributed by atoms with E-state index in [0.717, 1.165) is 47.3 Å². The van der Waals surface area contributed by atoms with Crippen LogP contribution in [0.15, 0.2) is 53.9 Å². The summed E-state index contributed by atoms with van der Waals surface area (Å²) in [5.41, 5.74) is 3.96. The van der Waals surface area contributed by atoms with Crippen molar-refractivity contribution >= 4 is 17.4 Å². The fourth-order valence-corrected chi connectivity index (χ4v) is 4.56. The van der Waals surface area contributed by atoms with Gasteiger partial charge < -0.3 is 9.14 Å². The molecular formula is C22H22FN5OS. The lowest BCUT2D eigenvalue weighted by atomic mass is 10.2. The molecular weight excluding hydrogens is 401 g/mol. The van der Waals surface area contributed by atoms with Gasteiger partial charge in [-0.05, 0) is 55.7 Å². The third kappa shape index (κ3) is 3.97. The highest BCUT2D eigenvalue weighted by Gasteiger charge is 2.22. The van der Waals surface area contributed by atoms with Gasteiger partial charge in [-0.15, -0.1) is 10.2 Å². The fourth-order valence-electron chi connectivity index (χ4n) is 3.73. The SMILES string of the molecule is Cc1ccc2nc(CSc3nnc(-c4ccc(F)cc4)n3C[C@@H]3CCCO3)cn2c1. The molecule has 4 heterocycles. The molecule has 1 fully saturated rings. The summed E-state index contributed by atoms with van der Waals surface area (Å²) in [4.78, 5) is 4.69. The van der Waals surface area contributed by atoms with Gasteiger partial charge in [0.15, 0.2) is 11.0 Å². The molecule has 5 rings (SSSR count). The van der Waals surface area contributed by atoms with Crippen LogP contribution in [0.2, 0.25) is 0 Å².